The van der Waals surface area contributed by atoms with E-state index in [1.807, 2.05) is 53.9 Å². The third-order valence-corrected chi connectivity index (χ3v) is 7.70. The van der Waals surface area contributed by atoms with Crippen molar-refractivity contribution in [1.82, 2.24) is 15.1 Å². The van der Waals surface area contributed by atoms with Crippen molar-refractivity contribution in [2.75, 3.05) is 19.6 Å². The lowest BCUT2D eigenvalue weighted by Crippen LogP contribution is -2.61. The van der Waals surface area contributed by atoms with E-state index >= 15 is 0 Å². The first kappa shape index (κ1) is 26.2. The van der Waals surface area contributed by atoms with E-state index in [4.69, 9.17) is 23.2 Å². The Bertz CT molecular complexity index is 1200. The fourth-order valence-corrected chi connectivity index (χ4v) is 5.43. The van der Waals surface area contributed by atoms with Crippen LogP contribution >= 0.6 is 34.5 Å². The molecule has 1 fully saturated rings. The lowest BCUT2D eigenvalue weighted by molar-refractivity contribution is -0.157. The number of carbonyl (C=O) groups is 3. The highest BCUT2D eigenvalue weighted by atomic mass is 35.5. The lowest BCUT2D eigenvalue weighted by Gasteiger charge is -2.40. The highest BCUT2D eigenvalue weighted by Crippen LogP contribution is 2.23. The third-order valence-electron chi connectivity index (χ3n) is 6.18. The second-order valence-corrected chi connectivity index (χ2v) is 10.5. The van der Waals surface area contributed by atoms with Crippen LogP contribution in [0.3, 0.4) is 0 Å². The van der Waals surface area contributed by atoms with Crippen LogP contribution < -0.4 is 5.32 Å². The van der Waals surface area contributed by atoms with Crippen LogP contribution in [0.15, 0.2) is 66.0 Å². The van der Waals surface area contributed by atoms with Gasteiger partial charge >= 0.3 is 0 Å². The Kier molecular flexibility index (Phi) is 9.02. The molecule has 1 aliphatic rings. The van der Waals surface area contributed by atoms with Crippen molar-refractivity contribution < 1.29 is 14.4 Å². The quantitative estimate of drug-likeness (QED) is 0.406. The van der Waals surface area contributed by atoms with E-state index in [9.17, 15) is 14.4 Å². The molecule has 1 aliphatic heterocycles. The number of hydrogen-bond donors (Lipinski definition) is 1. The summed E-state index contributed by atoms with van der Waals surface area (Å²) in [6, 6.07) is 17.9. The van der Waals surface area contributed by atoms with Gasteiger partial charge in [0.2, 0.25) is 17.7 Å². The molecule has 6 nitrogen and oxygen atoms in total. The molecular formula is C27H27Cl2N3O3S. The molecule has 3 aromatic rings. The van der Waals surface area contributed by atoms with Gasteiger partial charge in [-0.15, -0.1) is 11.3 Å². The largest absolute Gasteiger partial charge is 0.352 e. The number of thiophene rings is 1. The molecule has 0 bridgehead atoms. The van der Waals surface area contributed by atoms with Crippen LogP contribution in [0.1, 0.15) is 22.4 Å². The fraction of sp³-hybridized carbons (Fsp3) is 0.296. The first-order chi connectivity index (χ1) is 17.4. The molecule has 1 unspecified atom stereocenters. The van der Waals surface area contributed by atoms with Crippen LogP contribution in [0, 0.1) is 0 Å². The maximum absolute atomic E-state index is 13.5. The van der Waals surface area contributed by atoms with Gasteiger partial charge in [0.15, 0.2) is 0 Å². The van der Waals surface area contributed by atoms with Gasteiger partial charge in [0.25, 0.3) is 0 Å². The molecule has 36 heavy (non-hydrogen) atoms. The number of nitrogens with one attached hydrogen (secondary N) is 1. The molecule has 1 atom stereocenters. The molecule has 4 rings (SSSR count). The molecular weight excluding hydrogens is 517 g/mol. The molecule has 0 saturated carbocycles. The van der Waals surface area contributed by atoms with Crippen LogP contribution in [0.2, 0.25) is 10.0 Å². The van der Waals surface area contributed by atoms with Crippen molar-refractivity contribution in [3.05, 3.63) is 92.1 Å². The highest BCUT2D eigenvalue weighted by Gasteiger charge is 2.40. The van der Waals surface area contributed by atoms with E-state index in [1.165, 1.54) is 4.90 Å². The average molecular weight is 545 g/mol. The van der Waals surface area contributed by atoms with Crippen molar-refractivity contribution in [3.8, 4) is 0 Å². The van der Waals surface area contributed by atoms with E-state index in [2.05, 4.69) is 5.32 Å². The Morgan fingerprint density at radius 1 is 1.00 bits per heavy atom. The van der Waals surface area contributed by atoms with Gasteiger partial charge in [0.1, 0.15) is 6.04 Å². The third kappa shape index (κ3) is 6.87. The normalized spacial score (nSPS) is 15.9. The van der Waals surface area contributed by atoms with E-state index < -0.39 is 6.04 Å². The monoisotopic (exact) mass is 543 g/mol. The smallest absolute Gasteiger partial charge is 0.246 e. The van der Waals surface area contributed by atoms with Gasteiger partial charge in [-0.2, -0.15) is 0 Å². The first-order valence-electron chi connectivity index (χ1n) is 11.8. The van der Waals surface area contributed by atoms with Crippen molar-refractivity contribution in [1.29, 1.82) is 0 Å². The number of hydrogen-bond acceptors (Lipinski definition) is 4. The van der Waals surface area contributed by atoms with E-state index in [0.717, 1.165) is 16.0 Å². The second-order valence-electron chi connectivity index (χ2n) is 8.64. The summed E-state index contributed by atoms with van der Waals surface area (Å²) in [5.74, 6) is -0.649. The van der Waals surface area contributed by atoms with Crippen LogP contribution in [0.4, 0.5) is 0 Å². The van der Waals surface area contributed by atoms with Gasteiger partial charge < -0.3 is 15.1 Å². The Balaban J connectivity index is 1.45. The minimum Gasteiger partial charge on any atom is -0.352 e. The van der Waals surface area contributed by atoms with Crippen LogP contribution in [0.25, 0.3) is 0 Å². The number of rotatable bonds is 10. The van der Waals surface area contributed by atoms with Crippen LogP contribution in [-0.2, 0) is 33.8 Å². The molecule has 0 radical (unpaired) electrons. The predicted molar refractivity (Wildman–Crippen MR) is 143 cm³/mol. The van der Waals surface area contributed by atoms with E-state index in [-0.39, 0.29) is 30.7 Å². The summed E-state index contributed by atoms with van der Waals surface area (Å²) in [5, 5.41) is 5.92. The van der Waals surface area contributed by atoms with Crippen LogP contribution in [0.5, 0.6) is 0 Å². The zero-order valence-corrected chi connectivity index (χ0v) is 22.0. The molecule has 188 valence electrons. The lowest BCUT2D eigenvalue weighted by atomic mass is 10.0. The Morgan fingerprint density at radius 3 is 2.53 bits per heavy atom. The number of piperazine rings is 1. The molecule has 0 spiro atoms. The van der Waals surface area contributed by atoms with Gasteiger partial charge in [-0.1, -0.05) is 65.7 Å². The summed E-state index contributed by atoms with van der Waals surface area (Å²) >= 11 is 13.9. The van der Waals surface area contributed by atoms with Crippen molar-refractivity contribution in [3.63, 3.8) is 0 Å². The average Bonchev–Trinajstić information content (AvgIpc) is 3.39. The van der Waals surface area contributed by atoms with Gasteiger partial charge in [-0.25, -0.2) is 0 Å². The number of carbonyl (C=O) groups excluding carboxylic acids is 3. The Hall–Kier alpha value is -2.87. The number of halogens is 2. The minimum absolute atomic E-state index is 0.0172. The van der Waals surface area contributed by atoms with Gasteiger partial charge in [-0.05, 0) is 47.5 Å². The number of benzene rings is 2. The van der Waals surface area contributed by atoms with Gasteiger partial charge in [-0.3, -0.25) is 14.4 Å². The topological polar surface area (TPSA) is 69.7 Å². The molecule has 1 saturated heterocycles. The zero-order chi connectivity index (χ0) is 25.5. The van der Waals surface area contributed by atoms with Gasteiger partial charge in [0.05, 0.1) is 13.0 Å². The van der Waals surface area contributed by atoms with E-state index in [0.29, 0.717) is 42.5 Å². The Morgan fingerprint density at radius 2 is 1.81 bits per heavy atom. The molecule has 2 heterocycles. The summed E-state index contributed by atoms with van der Waals surface area (Å²) in [7, 11) is 0. The molecule has 0 aliphatic carbocycles. The summed E-state index contributed by atoms with van der Waals surface area (Å²) in [6.45, 7) is 1.06. The van der Waals surface area contributed by atoms with Crippen molar-refractivity contribution in [2.24, 2.45) is 0 Å². The molecule has 1 aromatic heterocycles. The SMILES string of the molecule is O=C(CC1C(=O)N(CCc2ccc(Cl)cc2Cl)CC(=O)N1CCc1cccs1)NCc1ccccc1. The summed E-state index contributed by atoms with van der Waals surface area (Å²) in [6.07, 6.45) is 1.04. The van der Waals surface area contributed by atoms with E-state index in [1.54, 1.807) is 28.4 Å². The fourth-order valence-electron chi connectivity index (χ4n) is 4.23. The molecule has 9 heteroatoms. The standard InChI is InChI=1S/C27H27Cl2N3O3S/c28-21-9-8-20(23(29)15-21)10-12-31-18-26(34)32(13-11-22-7-4-14-36-22)24(27(31)35)16-25(33)30-17-19-5-2-1-3-6-19/h1-9,14-15,24H,10-13,16-18H2,(H,30,33). The molecule has 3 amide bonds. The van der Waals surface area contributed by atoms with Gasteiger partial charge in [0, 0.05) is 34.6 Å². The maximum atomic E-state index is 13.5. The number of amides is 3. The summed E-state index contributed by atoms with van der Waals surface area (Å²) in [4.78, 5) is 43.7. The van der Waals surface area contributed by atoms with Crippen LogP contribution in [-0.4, -0.2) is 53.2 Å². The number of nitrogens with zero attached hydrogens (tertiary/aromatic N) is 2. The second kappa shape index (κ2) is 12.4. The maximum Gasteiger partial charge on any atom is 0.246 e. The summed E-state index contributed by atoms with van der Waals surface area (Å²) in [5.41, 5.74) is 1.81. The first-order valence-corrected chi connectivity index (χ1v) is 13.4. The Labute approximate surface area is 224 Å². The van der Waals surface area contributed by atoms with Crippen molar-refractivity contribution in [2.45, 2.75) is 31.8 Å². The molecule has 1 N–H and O–H groups in total. The highest BCUT2D eigenvalue weighted by molar-refractivity contribution is 7.09. The predicted octanol–water partition coefficient (Wildman–Crippen LogP) is 4.59. The zero-order valence-electron chi connectivity index (χ0n) is 19.7. The molecule has 2 aromatic carbocycles. The summed E-state index contributed by atoms with van der Waals surface area (Å²) < 4.78 is 0. The van der Waals surface area contributed by atoms with Crippen molar-refractivity contribution >= 4 is 52.3 Å². The minimum atomic E-state index is -0.845.